The Balaban J connectivity index is 2.29. The van der Waals surface area contributed by atoms with E-state index in [1.165, 1.54) is 12.1 Å². The molecule has 1 aromatic rings. The summed E-state index contributed by atoms with van der Waals surface area (Å²) in [4.78, 5) is 3.67. The summed E-state index contributed by atoms with van der Waals surface area (Å²) in [5, 5.41) is -0.0292. The third kappa shape index (κ3) is 2.87. The monoisotopic (exact) mass is 281 g/mol. The molecular formula is C11H11Cl2F2NO. The molecule has 1 fully saturated rings. The van der Waals surface area contributed by atoms with Gasteiger partial charge in [-0.15, -0.1) is 0 Å². The van der Waals surface area contributed by atoms with Gasteiger partial charge in [0.05, 0.1) is 0 Å². The van der Waals surface area contributed by atoms with Gasteiger partial charge in [0, 0.05) is 24.7 Å². The van der Waals surface area contributed by atoms with Crippen LogP contribution < -0.4 is 0 Å². The molecule has 0 unspecified atom stereocenters. The molecule has 6 heteroatoms. The van der Waals surface area contributed by atoms with Gasteiger partial charge in [0.15, 0.2) is 0 Å². The Hall–Kier alpha value is -0.450. The molecule has 1 saturated heterocycles. The van der Waals surface area contributed by atoms with Crippen LogP contribution in [0, 0.1) is 5.92 Å². The van der Waals surface area contributed by atoms with Crippen LogP contribution in [0.2, 0.25) is 10.3 Å². The summed E-state index contributed by atoms with van der Waals surface area (Å²) in [6, 6.07) is 2.34. The van der Waals surface area contributed by atoms with Gasteiger partial charge >= 0.3 is 0 Å². The molecule has 1 aliphatic rings. The van der Waals surface area contributed by atoms with Gasteiger partial charge in [-0.3, -0.25) is 0 Å². The third-order valence-electron chi connectivity index (χ3n) is 2.88. The molecule has 1 aliphatic heterocycles. The Kier molecular flexibility index (Phi) is 3.85. The zero-order valence-electron chi connectivity index (χ0n) is 8.93. The summed E-state index contributed by atoms with van der Waals surface area (Å²) >= 11 is 11.3. The minimum Gasteiger partial charge on any atom is -0.381 e. The smallest absolute Gasteiger partial charge is 0.276 e. The van der Waals surface area contributed by atoms with Crippen molar-refractivity contribution in [3.8, 4) is 0 Å². The minimum atomic E-state index is -2.94. The number of rotatable bonds is 2. The fourth-order valence-electron chi connectivity index (χ4n) is 1.95. The molecule has 17 heavy (non-hydrogen) atoms. The highest BCUT2D eigenvalue weighted by molar-refractivity contribution is 6.32. The van der Waals surface area contributed by atoms with E-state index in [1.807, 2.05) is 0 Å². The number of aromatic nitrogens is 1. The maximum absolute atomic E-state index is 14.2. The zero-order valence-corrected chi connectivity index (χ0v) is 10.4. The molecule has 2 rings (SSSR count). The molecule has 2 heterocycles. The summed E-state index contributed by atoms with van der Waals surface area (Å²) in [5.41, 5.74) is -0.172. The van der Waals surface area contributed by atoms with Gasteiger partial charge < -0.3 is 4.74 Å². The summed E-state index contributed by atoms with van der Waals surface area (Å²) in [6.45, 7) is 0.736. The first-order valence-corrected chi connectivity index (χ1v) is 6.05. The highest BCUT2D eigenvalue weighted by Crippen LogP contribution is 2.42. The second-order valence-corrected chi connectivity index (χ2v) is 4.79. The predicted molar refractivity (Wildman–Crippen MR) is 61.7 cm³/mol. The molecule has 0 aromatic carbocycles. The first-order chi connectivity index (χ1) is 8.00. The fourth-order valence-corrected chi connectivity index (χ4v) is 2.41. The average Bonchev–Trinajstić information content (AvgIpc) is 2.29. The second kappa shape index (κ2) is 5.04. The van der Waals surface area contributed by atoms with Gasteiger partial charge in [0.25, 0.3) is 5.92 Å². The van der Waals surface area contributed by atoms with Gasteiger partial charge in [0.2, 0.25) is 0 Å². The van der Waals surface area contributed by atoms with Crippen molar-refractivity contribution in [1.29, 1.82) is 0 Å². The van der Waals surface area contributed by atoms with E-state index in [9.17, 15) is 8.78 Å². The average molecular weight is 282 g/mol. The minimum absolute atomic E-state index is 0.0146. The largest absolute Gasteiger partial charge is 0.381 e. The molecule has 0 radical (unpaired) electrons. The number of hydrogen-bond acceptors (Lipinski definition) is 2. The zero-order chi connectivity index (χ0) is 12.5. The van der Waals surface area contributed by atoms with Gasteiger partial charge in [-0.05, 0) is 25.0 Å². The van der Waals surface area contributed by atoms with E-state index in [2.05, 4.69) is 4.98 Å². The Morgan fingerprint density at radius 1 is 1.18 bits per heavy atom. The Labute approximate surface area is 108 Å². The van der Waals surface area contributed by atoms with Crippen LogP contribution >= 0.6 is 23.2 Å². The van der Waals surface area contributed by atoms with Crippen molar-refractivity contribution in [3.63, 3.8) is 0 Å². The quantitative estimate of drug-likeness (QED) is 0.767. The standard InChI is InChI=1S/C11H11Cl2F2NO/c12-9-5-8(6-10(13)16-9)11(14,15)7-1-3-17-4-2-7/h5-7H,1-4H2. The lowest BCUT2D eigenvalue weighted by molar-refractivity contribution is -0.102. The lowest BCUT2D eigenvalue weighted by Gasteiger charge is -2.30. The summed E-state index contributed by atoms with van der Waals surface area (Å²) in [7, 11) is 0. The first-order valence-electron chi connectivity index (χ1n) is 5.29. The third-order valence-corrected chi connectivity index (χ3v) is 3.27. The Morgan fingerprint density at radius 3 is 2.24 bits per heavy atom. The number of halogens is 4. The lowest BCUT2D eigenvalue weighted by Crippen LogP contribution is -2.31. The molecule has 0 bridgehead atoms. The van der Waals surface area contributed by atoms with E-state index >= 15 is 0 Å². The van der Waals surface area contributed by atoms with Gasteiger partial charge in [-0.1, -0.05) is 23.2 Å². The van der Waals surface area contributed by atoms with E-state index in [0.717, 1.165) is 0 Å². The van der Waals surface area contributed by atoms with Crippen LogP contribution in [-0.2, 0) is 10.7 Å². The van der Waals surface area contributed by atoms with Crippen molar-refractivity contribution in [3.05, 3.63) is 28.0 Å². The molecule has 0 atom stereocenters. The van der Waals surface area contributed by atoms with E-state index < -0.39 is 11.8 Å². The number of ether oxygens (including phenoxy) is 1. The van der Waals surface area contributed by atoms with Crippen molar-refractivity contribution in [2.45, 2.75) is 18.8 Å². The number of hydrogen-bond donors (Lipinski definition) is 0. The summed E-state index contributed by atoms with van der Waals surface area (Å²) in [5.74, 6) is -3.68. The van der Waals surface area contributed by atoms with Crippen molar-refractivity contribution >= 4 is 23.2 Å². The van der Waals surface area contributed by atoms with E-state index in [0.29, 0.717) is 26.1 Å². The molecule has 0 N–H and O–H groups in total. The van der Waals surface area contributed by atoms with Crippen molar-refractivity contribution in [2.24, 2.45) is 5.92 Å². The van der Waals surface area contributed by atoms with E-state index in [4.69, 9.17) is 27.9 Å². The van der Waals surface area contributed by atoms with Crippen molar-refractivity contribution in [1.82, 2.24) is 4.98 Å². The van der Waals surface area contributed by atoms with Crippen LogP contribution in [0.15, 0.2) is 12.1 Å². The molecule has 94 valence electrons. The van der Waals surface area contributed by atoms with E-state index in [1.54, 1.807) is 0 Å². The normalized spacial score (nSPS) is 18.4. The Bertz CT molecular complexity index is 388. The van der Waals surface area contributed by atoms with Crippen LogP contribution in [-0.4, -0.2) is 18.2 Å². The lowest BCUT2D eigenvalue weighted by atomic mass is 9.89. The number of alkyl halides is 2. The summed E-state index contributed by atoms with van der Waals surface area (Å²) in [6.07, 6.45) is 0.676. The second-order valence-electron chi connectivity index (χ2n) is 4.01. The van der Waals surface area contributed by atoms with Crippen LogP contribution in [0.1, 0.15) is 18.4 Å². The molecule has 0 amide bonds. The maximum Gasteiger partial charge on any atom is 0.276 e. The SMILES string of the molecule is FC(F)(c1cc(Cl)nc(Cl)c1)C1CCOCC1. The molecule has 0 aliphatic carbocycles. The van der Waals surface area contributed by atoms with Crippen LogP contribution in [0.25, 0.3) is 0 Å². The number of nitrogens with zero attached hydrogens (tertiary/aromatic N) is 1. The molecule has 2 nitrogen and oxygen atoms in total. The Morgan fingerprint density at radius 2 is 1.71 bits per heavy atom. The van der Waals surface area contributed by atoms with Crippen LogP contribution in [0.5, 0.6) is 0 Å². The van der Waals surface area contributed by atoms with Crippen LogP contribution in [0.3, 0.4) is 0 Å². The highest BCUT2D eigenvalue weighted by atomic mass is 35.5. The highest BCUT2D eigenvalue weighted by Gasteiger charge is 2.42. The summed E-state index contributed by atoms with van der Waals surface area (Å²) < 4.78 is 33.5. The number of pyridine rings is 1. The van der Waals surface area contributed by atoms with Gasteiger partial charge in [0.1, 0.15) is 10.3 Å². The van der Waals surface area contributed by atoms with Gasteiger partial charge in [-0.2, -0.15) is 0 Å². The van der Waals surface area contributed by atoms with Crippen LogP contribution in [0.4, 0.5) is 8.78 Å². The maximum atomic E-state index is 14.2. The predicted octanol–water partition coefficient (Wildman–Crippen LogP) is 3.91. The topological polar surface area (TPSA) is 22.1 Å². The van der Waals surface area contributed by atoms with Crippen molar-refractivity contribution < 1.29 is 13.5 Å². The van der Waals surface area contributed by atoms with Gasteiger partial charge in [-0.25, -0.2) is 13.8 Å². The van der Waals surface area contributed by atoms with Crippen molar-refractivity contribution in [2.75, 3.05) is 13.2 Å². The molecule has 1 aromatic heterocycles. The molecular weight excluding hydrogens is 271 g/mol. The first kappa shape index (κ1) is 13.0. The van der Waals surface area contributed by atoms with E-state index in [-0.39, 0.29) is 15.9 Å². The molecule has 0 saturated carbocycles. The fraction of sp³-hybridized carbons (Fsp3) is 0.545. The molecule has 0 spiro atoms.